The molecule has 2 N–H and O–H groups in total. The van der Waals surface area contributed by atoms with Gasteiger partial charge in [-0.2, -0.15) is 5.10 Å². The van der Waals surface area contributed by atoms with E-state index in [1.807, 2.05) is 19.1 Å². The first-order valence-electron chi connectivity index (χ1n) is 8.20. The van der Waals surface area contributed by atoms with Crippen LogP contribution in [0.25, 0.3) is 5.69 Å². The number of ether oxygens (including phenoxy) is 1. The minimum Gasteiger partial charge on any atom is -0.482 e. The highest BCUT2D eigenvalue weighted by Crippen LogP contribution is 2.30. The third-order valence-corrected chi connectivity index (χ3v) is 4.41. The standard InChI is InChI=1S/C19H15ClN4O3/c1-11-15(9-21-24(11)14-4-2-3-12(20)7-14)19(26)22-13-5-6-17-16(8-13)23-18(25)10-27-17/h2-9H,10H2,1H3,(H,22,26)(H,23,25). The number of hydrogen-bond donors (Lipinski definition) is 2. The molecule has 0 aliphatic carbocycles. The first kappa shape index (κ1) is 17.1. The molecule has 0 spiro atoms. The van der Waals surface area contributed by atoms with E-state index < -0.39 is 0 Å². The number of aromatic nitrogens is 2. The van der Waals surface area contributed by atoms with Gasteiger partial charge in [0.1, 0.15) is 5.75 Å². The zero-order chi connectivity index (χ0) is 19.0. The Hall–Kier alpha value is -3.32. The molecule has 136 valence electrons. The molecule has 1 aliphatic rings. The van der Waals surface area contributed by atoms with Crippen molar-refractivity contribution in [2.45, 2.75) is 6.92 Å². The van der Waals surface area contributed by atoms with Crippen molar-refractivity contribution in [3.63, 3.8) is 0 Å². The number of nitrogens with one attached hydrogen (secondary N) is 2. The molecule has 1 aromatic heterocycles. The predicted octanol–water partition coefficient (Wildman–Crippen LogP) is 3.42. The second kappa shape index (κ2) is 6.77. The normalized spacial score (nSPS) is 12.7. The van der Waals surface area contributed by atoms with E-state index in [0.29, 0.717) is 33.4 Å². The highest BCUT2D eigenvalue weighted by molar-refractivity contribution is 6.30. The van der Waals surface area contributed by atoms with Crippen LogP contribution in [-0.2, 0) is 4.79 Å². The monoisotopic (exact) mass is 382 g/mol. The second-order valence-corrected chi connectivity index (χ2v) is 6.47. The lowest BCUT2D eigenvalue weighted by atomic mass is 10.2. The Labute approximate surface area is 159 Å². The van der Waals surface area contributed by atoms with Crippen molar-refractivity contribution in [3.05, 3.63) is 64.9 Å². The van der Waals surface area contributed by atoms with Gasteiger partial charge in [-0.25, -0.2) is 4.68 Å². The number of carbonyl (C=O) groups excluding carboxylic acids is 2. The van der Waals surface area contributed by atoms with E-state index in [-0.39, 0.29) is 18.4 Å². The fourth-order valence-corrected chi connectivity index (χ4v) is 3.04. The molecule has 4 rings (SSSR count). The van der Waals surface area contributed by atoms with Crippen LogP contribution < -0.4 is 15.4 Å². The van der Waals surface area contributed by atoms with Crippen LogP contribution in [0.1, 0.15) is 16.1 Å². The third kappa shape index (κ3) is 3.37. The molecule has 0 saturated heterocycles. The molecular formula is C19H15ClN4O3. The summed E-state index contributed by atoms with van der Waals surface area (Å²) in [5.41, 5.74) is 2.96. The molecule has 7 nitrogen and oxygen atoms in total. The molecule has 8 heteroatoms. The van der Waals surface area contributed by atoms with Crippen LogP contribution in [0, 0.1) is 6.92 Å². The summed E-state index contributed by atoms with van der Waals surface area (Å²) in [5, 5.41) is 10.4. The van der Waals surface area contributed by atoms with Crippen molar-refractivity contribution >= 4 is 34.8 Å². The molecule has 2 heterocycles. The smallest absolute Gasteiger partial charge is 0.262 e. The topological polar surface area (TPSA) is 85.2 Å². The summed E-state index contributed by atoms with van der Waals surface area (Å²) in [6, 6.07) is 12.3. The molecule has 27 heavy (non-hydrogen) atoms. The van der Waals surface area contributed by atoms with E-state index >= 15 is 0 Å². The molecule has 0 bridgehead atoms. The molecule has 0 atom stereocenters. The Kier molecular flexibility index (Phi) is 4.29. The first-order valence-corrected chi connectivity index (χ1v) is 8.58. The number of nitrogens with zero attached hydrogens (tertiary/aromatic N) is 2. The lowest BCUT2D eigenvalue weighted by molar-refractivity contribution is -0.118. The zero-order valence-corrected chi connectivity index (χ0v) is 15.1. The molecule has 2 aromatic carbocycles. The van der Waals surface area contributed by atoms with Crippen molar-refractivity contribution in [2.24, 2.45) is 0 Å². The van der Waals surface area contributed by atoms with Crippen molar-refractivity contribution in [1.29, 1.82) is 0 Å². The lowest BCUT2D eigenvalue weighted by Crippen LogP contribution is -2.25. The maximum atomic E-state index is 12.7. The number of carbonyl (C=O) groups is 2. The van der Waals surface area contributed by atoms with Crippen LogP contribution in [-0.4, -0.2) is 28.2 Å². The Bertz CT molecular complexity index is 1060. The molecule has 2 amide bonds. The highest BCUT2D eigenvalue weighted by atomic mass is 35.5. The van der Waals surface area contributed by atoms with Gasteiger partial charge in [0.15, 0.2) is 6.61 Å². The van der Waals surface area contributed by atoms with E-state index in [9.17, 15) is 9.59 Å². The number of fused-ring (bicyclic) bond motifs is 1. The summed E-state index contributed by atoms with van der Waals surface area (Å²) in [6.45, 7) is 1.80. The van der Waals surface area contributed by atoms with Gasteiger partial charge in [0.05, 0.1) is 28.8 Å². The number of anilines is 2. The van der Waals surface area contributed by atoms with E-state index in [1.54, 1.807) is 35.0 Å². The van der Waals surface area contributed by atoms with Gasteiger partial charge in [-0.05, 0) is 43.3 Å². The summed E-state index contributed by atoms with van der Waals surface area (Å²) in [6.07, 6.45) is 1.51. The summed E-state index contributed by atoms with van der Waals surface area (Å²) in [5.74, 6) is 0.0333. The first-order chi connectivity index (χ1) is 13.0. The molecule has 0 fully saturated rings. The average molecular weight is 383 g/mol. The molecule has 1 aliphatic heterocycles. The zero-order valence-electron chi connectivity index (χ0n) is 14.3. The molecular weight excluding hydrogens is 368 g/mol. The fourth-order valence-electron chi connectivity index (χ4n) is 2.86. The van der Waals surface area contributed by atoms with E-state index in [2.05, 4.69) is 15.7 Å². The predicted molar refractivity (Wildman–Crippen MR) is 102 cm³/mol. The molecule has 3 aromatic rings. The van der Waals surface area contributed by atoms with Crippen molar-refractivity contribution in [1.82, 2.24) is 9.78 Å². The van der Waals surface area contributed by atoms with E-state index in [1.165, 1.54) is 6.20 Å². The maximum Gasteiger partial charge on any atom is 0.262 e. The Morgan fingerprint density at radius 2 is 2.15 bits per heavy atom. The van der Waals surface area contributed by atoms with Crippen molar-refractivity contribution < 1.29 is 14.3 Å². The van der Waals surface area contributed by atoms with Crippen LogP contribution in [0.4, 0.5) is 11.4 Å². The largest absolute Gasteiger partial charge is 0.482 e. The van der Waals surface area contributed by atoms with Crippen LogP contribution >= 0.6 is 11.6 Å². The lowest BCUT2D eigenvalue weighted by Gasteiger charge is -2.18. The number of hydrogen-bond acceptors (Lipinski definition) is 4. The summed E-state index contributed by atoms with van der Waals surface area (Å²) < 4.78 is 6.97. The van der Waals surface area contributed by atoms with Gasteiger partial charge in [0.2, 0.25) is 0 Å². The second-order valence-electron chi connectivity index (χ2n) is 6.04. The van der Waals surface area contributed by atoms with Crippen LogP contribution in [0.15, 0.2) is 48.7 Å². The highest BCUT2D eigenvalue weighted by Gasteiger charge is 2.19. The summed E-state index contributed by atoms with van der Waals surface area (Å²) >= 11 is 6.03. The quantitative estimate of drug-likeness (QED) is 0.726. The van der Waals surface area contributed by atoms with Crippen LogP contribution in [0.5, 0.6) is 5.75 Å². The minimum absolute atomic E-state index is 0.0133. The van der Waals surface area contributed by atoms with Gasteiger partial charge < -0.3 is 15.4 Å². The van der Waals surface area contributed by atoms with Crippen molar-refractivity contribution in [2.75, 3.05) is 17.2 Å². The van der Waals surface area contributed by atoms with E-state index in [4.69, 9.17) is 16.3 Å². The summed E-state index contributed by atoms with van der Waals surface area (Å²) in [4.78, 5) is 24.1. The average Bonchev–Trinajstić information content (AvgIpc) is 3.03. The molecule has 0 unspecified atom stereocenters. The van der Waals surface area contributed by atoms with Gasteiger partial charge in [-0.1, -0.05) is 17.7 Å². The van der Waals surface area contributed by atoms with Crippen LogP contribution in [0.2, 0.25) is 5.02 Å². The van der Waals surface area contributed by atoms with Gasteiger partial charge in [-0.3, -0.25) is 9.59 Å². The minimum atomic E-state index is -0.302. The van der Waals surface area contributed by atoms with E-state index in [0.717, 1.165) is 5.69 Å². The third-order valence-electron chi connectivity index (χ3n) is 4.18. The van der Waals surface area contributed by atoms with Crippen LogP contribution in [0.3, 0.4) is 0 Å². The van der Waals surface area contributed by atoms with Gasteiger partial charge in [-0.15, -0.1) is 0 Å². The fraction of sp³-hybridized carbons (Fsp3) is 0.105. The number of benzene rings is 2. The van der Waals surface area contributed by atoms with Crippen molar-refractivity contribution in [3.8, 4) is 11.4 Å². The Morgan fingerprint density at radius 1 is 1.30 bits per heavy atom. The number of halogens is 1. The molecule has 0 radical (unpaired) electrons. The SMILES string of the molecule is Cc1c(C(=O)Nc2ccc3c(c2)NC(=O)CO3)cnn1-c1cccc(Cl)c1. The van der Waals surface area contributed by atoms with Gasteiger partial charge in [0, 0.05) is 10.7 Å². The summed E-state index contributed by atoms with van der Waals surface area (Å²) in [7, 11) is 0. The Balaban J connectivity index is 1.57. The Morgan fingerprint density at radius 3 is 2.96 bits per heavy atom. The van der Waals surface area contributed by atoms with Gasteiger partial charge in [0.25, 0.3) is 11.8 Å². The number of amides is 2. The number of rotatable bonds is 3. The molecule has 0 saturated carbocycles. The maximum absolute atomic E-state index is 12.7. The van der Waals surface area contributed by atoms with Gasteiger partial charge >= 0.3 is 0 Å².